The Morgan fingerprint density at radius 1 is 1.19 bits per heavy atom. The highest BCUT2D eigenvalue weighted by molar-refractivity contribution is 9.10. The van der Waals surface area contributed by atoms with Crippen LogP contribution in [0.15, 0.2) is 22.7 Å². The number of anilines is 1. The molecule has 0 heterocycles. The minimum absolute atomic E-state index is 0.321. The van der Waals surface area contributed by atoms with Gasteiger partial charge in [-0.25, -0.2) is 8.78 Å². The van der Waals surface area contributed by atoms with Crippen LogP contribution in [-0.4, -0.2) is 24.6 Å². The Morgan fingerprint density at radius 3 is 2.19 bits per heavy atom. The second-order valence-corrected chi connectivity index (χ2v) is 4.43. The third kappa shape index (κ3) is 4.76. The normalized spacial score (nSPS) is 12.4. The third-order valence-corrected chi connectivity index (χ3v) is 2.61. The van der Waals surface area contributed by atoms with Crippen LogP contribution in [0.4, 0.5) is 36.4 Å². The molecule has 1 amide bonds. The van der Waals surface area contributed by atoms with E-state index in [1.54, 1.807) is 0 Å². The van der Waals surface area contributed by atoms with E-state index in [-0.39, 0.29) is 4.47 Å². The summed E-state index contributed by atoms with van der Waals surface area (Å²) in [6, 6.07) is 2.29. The van der Waals surface area contributed by atoms with Crippen LogP contribution in [0.3, 0.4) is 0 Å². The van der Waals surface area contributed by atoms with Crippen molar-refractivity contribution in [3.63, 3.8) is 0 Å². The number of amides is 1. The zero-order valence-corrected chi connectivity index (χ0v) is 11.2. The molecule has 21 heavy (non-hydrogen) atoms. The predicted molar refractivity (Wildman–Crippen MR) is 60.4 cm³/mol. The highest BCUT2D eigenvalue weighted by atomic mass is 79.9. The fourth-order valence-corrected chi connectivity index (χ4v) is 1.56. The van der Waals surface area contributed by atoms with Crippen LogP contribution < -0.4 is 10.1 Å². The molecule has 1 aromatic carbocycles. The first-order valence-electron chi connectivity index (χ1n) is 4.96. The first kappa shape index (κ1) is 17.5. The molecule has 0 radical (unpaired) electrons. The molecule has 11 heteroatoms. The fourth-order valence-electron chi connectivity index (χ4n) is 1.10. The van der Waals surface area contributed by atoms with Gasteiger partial charge in [0.1, 0.15) is 5.75 Å². The molecule has 0 atom stereocenters. The number of benzene rings is 1. The molecule has 0 saturated carbocycles. The van der Waals surface area contributed by atoms with E-state index in [9.17, 15) is 35.5 Å². The second-order valence-electron chi connectivity index (χ2n) is 3.57. The van der Waals surface area contributed by atoms with Gasteiger partial charge in [-0.1, -0.05) is 0 Å². The molecule has 0 bridgehead atoms. The number of nitrogens with one attached hydrogen (secondary N) is 1. The van der Waals surface area contributed by atoms with Crippen LogP contribution in [0.1, 0.15) is 0 Å². The van der Waals surface area contributed by atoms with Gasteiger partial charge in [0, 0.05) is 5.69 Å². The summed E-state index contributed by atoms with van der Waals surface area (Å²) in [5, 5.41) is 1.46. The maximum Gasteiger partial charge on any atom is 0.573 e. The molecule has 0 aliphatic heterocycles. The zero-order valence-electron chi connectivity index (χ0n) is 9.65. The lowest BCUT2D eigenvalue weighted by molar-refractivity contribution is -0.274. The van der Waals surface area contributed by atoms with Crippen molar-refractivity contribution in [3.8, 4) is 5.75 Å². The summed E-state index contributed by atoms with van der Waals surface area (Å²) in [5.74, 6) is -7.90. The number of carbonyl (C=O) groups excluding carboxylic acids is 1. The molecule has 0 aliphatic carbocycles. The van der Waals surface area contributed by atoms with Crippen LogP contribution in [0, 0.1) is 0 Å². The number of halogens is 8. The SMILES string of the molecule is O=C(Nc1ccc(OC(F)(F)F)c(Br)c1)C(F)(F)C(F)F. The van der Waals surface area contributed by atoms with Gasteiger partial charge in [0.2, 0.25) is 0 Å². The number of ether oxygens (including phenoxy) is 1. The number of alkyl halides is 7. The van der Waals surface area contributed by atoms with Crippen molar-refractivity contribution in [3.05, 3.63) is 22.7 Å². The lowest BCUT2D eigenvalue weighted by atomic mass is 10.2. The lowest BCUT2D eigenvalue weighted by Crippen LogP contribution is -2.40. The van der Waals surface area contributed by atoms with E-state index in [2.05, 4.69) is 20.7 Å². The van der Waals surface area contributed by atoms with Crippen LogP contribution in [0.25, 0.3) is 0 Å². The summed E-state index contributed by atoms with van der Waals surface area (Å²) in [7, 11) is 0. The van der Waals surface area contributed by atoms with Gasteiger partial charge in [-0.3, -0.25) is 4.79 Å². The van der Waals surface area contributed by atoms with Gasteiger partial charge in [-0.2, -0.15) is 8.78 Å². The van der Waals surface area contributed by atoms with E-state index < -0.39 is 36.1 Å². The Labute approximate surface area is 121 Å². The first-order valence-corrected chi connectivity index (χ1v) is 5.75. The Balaban J connectivity index is 2.88. The monoisotopic (exact) mass is 383 g/mol. The van der Waals surface area contributed by atoms with Crippen LogP contribution in [-0.2, 0) is 4.79 Å². The smallest absolute Gasteiger partial charge is 0.405 e. The molecule has 0 aromatic heterocycles. The molecule has 0 saturated heterocycles. The van der Waals surface area contributed by atoms with E-state index in [4.69, 9.17) is 0 Å². The minimum Gasteiger partial charge on any atom is -0.405 e. The van der Waals surface area contributed by atoms with Crippen molar-refractivity contribution in [1.29, 1.82) is 0 Å². The lowest BCUT2D eigenvalue weighted by Gasteiger charge is -2.16. The van der Waals surface area contributed by atoms with Gasteiger partial charge in [0.25, 0.3) is 0 Å². The largest absolute Gasteiger partial charge is 0.573 e. The Kier molecular flexibility index (Phi) is 5.07. The molecule has 1 aromatic rings. The molecule has 0 unspecified atom stereocenters. The predicted octanol–water partition coefficient (Wildman–Crippen LogP) is 4.19. The van der Waals surface area contributed by atoms with Crippen molar-refractivity contribution in [2.45, 2.75) is 18.7 Å². The molecular formula is C10H5BrF7NO2. The van der Waals surface area contributed by atoms with E-state index in [0.29, 0.717) is 6.07 Å². The standard InChI is InChI=1S/C10H5BrF7NO2/c11-5-3-4(1-2-6(5)21-10(16,17)18)19-8(20)9(14,15)7(12)13/h1-3,7H,(H,19,20). The maximum atomic E-state index is 12.7. The molecule has 0 aliphatic rings. The summed E-state index contributed by atoms with van der Waals surface area (Å²) in [5.41, 5.74) is -0.415. The van der Waals surface area contributed by atoms with Crippen molar-refractivity contribution in [2.75, 3.05) is 5.32 Å². The topological polar surface area (TPSA) is 38.3 Å². The number of carbonyl (C=O) groups is 1. The van der Waals surface area contributed by atoms with Gasteiger partial charge >= 0.3 is 24.6 Å². The number of hydrogen-bond acceptors (Lipinski definition) is 2. The van der Waals surface area contributed by atoms with Crippen molar-refractivity contribution in [1.82, 2.24) is 0 Å². The summed E-state index contributed by atoms with van der Waals surface area (Å²) in [6.45, 7) is 0. The number of rotatable bonds is 4. The Hall–Kier alpha value is -1.52. The summed E-state index contributed by atoms with van der Waals surface area (Å²) < 4.78 is 88.4. The zero-order chi connectivity index (χ0) is 16.4. The van der Waals surface area contributed by atoms with Gasteiger partial charge < -0.3 is 10.1 Å². The van der Waals surface area contributed by atoms with Crippen LogP contribution in [0.2, 0.25) is 0 Å². The van der Waals surface area contributed by atoms with Gasteiger partial charge in [0.05, 0.1) is 4.47 Å². The third-order valence-electron chi connectivity index (χ3n) is 1.99. The Morgan fingerprint density at radius 2 is 1.76 bits per heavy atom. The van der Waals surface area contributed by atoms with Gasteiger partial charge in [0.15, 0.2) is 0 Å². The summed E-state index contributed by atoms with van der Waals surface area (Å²) in [6.07, 6.45) is -9.19. The average molecular weight is 384 g/mol. The van der Waals surface area contributed by atoms with Crippen molar-refractivity contribution in [2.24, 2.45) is 0 Å². The van der Waals surface area contributed by atoms with Crippen LogP contribution in [0.5, 0.6) is 5.75 Å². The highest BCUT2D eigenvalue weighted by Gasteiger charge is 2.49. The molecule has 3 nitrogen and oxygen atoms in total. The maximum absolute atomic E-state index is 12.7. The van der Waals surface area contributed by atoms with E-state index in [0.717, 1.165) is 12.1 Å². The van der Waals surface area contributed by atoms with E-state index in [1.807, 2.05) is 0 Å². The Bertz CT molecular complexity index is 533. The first-order chi connectivity index (χ1) is 9.43. The van der Waals surface area contributed by atoms with Crippen molar-refractivity contribution < 1.29 is 40.3 Å². The molecular weight excluding hydrogens is 379 g/mol. The molecule has 118 valence electrons. The quantitative estimate of drug-likeness (QED) is 0.791. The van der Waals surface area contributed by atoms with E-state index in [1.165, 1.54) is 5.32 Å². The molecule has 1 N–H and O–H groups in total. The molecule has 1 rings (SSSR count). The minimum atomic E-state index is -4.98. The van der Waals surface area contributed by atoms with E-state index >= 15 is 0 Å². The summed E-state index contributed by atoms with van der Waals surface area (Å²) >= 11 is 2.66. The van der Waals surface area contributed by atoms with Gasteiger partial charge in [-0.05, 0) is 34.1 Å². The van der Waals surface area contributed by atoms with Crippen molar-refractivity contribution >= 4 is 27.5 Å². The second kappa shape index (κ2) is 6.08. The summed E-state index contributed by atoms with van der Waals surface area (Å²) in [4.78, 5) is 10.9. The molecule has 0 spiro atoms. The average Bonchev–Trinajstić information content (AvgIpc) is 2.30. The number of hydrogen-bond donors (Lipinski definition) is 1. The molecule has 0 fully saturated rings. The van der Waals surface area contributed by atoms with Gasteiger partial charge in [-0.15, -0.1) is 13.2 Å². The van der Waals surface area contributed by atoms with Crippen LogP contribution >= 0.6 is 15.9 Å². The highest BCUT2D eigenvalue weighted by Crippen LogP contribution is 2.33. The fraction of sp³-hybridized carbons (Fsp3) is 0.300.